The monoisotopic (exact) mass is 289 g/mol. The van der Waals surface area contributed by atoms with Gasteiger partial charge in [0.2, 0.25) is 0 Å². The van der Waals surface area contributed by atoms with Crippen LogP contribution in [-0.4, -0.2) is 26.0 Å². The summed E-state index contributed by atoms with van der Waals surface area (Å²) in [6, 6.07) is 4.18. The van der Waals surface area contributed by atoms with Crippen LogP contribution in [0.15, 0.2) is 18.2 Å². The van der Waals surface area contributed by atoms with Crippen molar-refractivity contribution in [3.05, 3.63) is 29.6 Å². The van der Waals surface area contributed by atoms with Crippen LogP contribution in [0.5, 0.6) is 5.75 Å². The molecule has 0 saturated heterocycles. The minimum Gasteiger partial charge on any atom is -0.489 e. The van der Waals surface area contributed by atoms with E-state index in [-0.39, 0.29) is 24.2 Å². The van der Waals surface area contributed by atoms with Gasteiger partial charge in [-0.1, -0.05) is 6.07 Å². The van der Waals surface area contributed by atoms with Crippen molar-refractivity contribution >= 4 is 9.84 Å². The van der Waals surface area contributed by atoms with Crippen molar-refractivity contribution in [3.8, 4) is 5.75 Å². The Morgan fingerprint density at radius 2 is 1.95 bits per heavy atom. The molecule has 0 fully saturated rings. The minimum absolute atomic E-state index is 0.0448. The van der Waals surface area contributed by atoms with Gasteiger partial charge in [-0.2, -0.15) is 0 Å². The molecular formula is C13H20FNO3S. The highest BCUT2D eigenvalue weighted by Crippen LogP contribution is 2.21. The quantitative estimate of drug-likeness (QED) is 0.870. The summed E-state index contributed by atoms with van der Waals surface area (Å²) in [6.07, 6.45) is 0. The summed E-state index contributed by atoms with van der Waals surface area (Å²) < 4.78 is 41.9. The van der Waals surface area contributed by atoms with Crippen LogP contribution in [0.4, 0.5) is 4.39 Å². The number of hydrogen-bond acceptors (Lipinski definition) is 4. The SMILES string of the molecule is CC(C)S(=O)(=O)CCOc1ccc([C@H](C)N)cc1F. The van der Waals surface area contributed by atoms with Crippen molar-refractivity contribution in [1.82, 2.24) is 0 Å². The lowest BCUT2D eigenvalue weighted by Gasteiger charge is -2.11. The van der Waals surface area contributed by atoms with Gasteiger partial charge in [-0.3, -0.25) is 0 Å². The molecule has 0 bridgehead atoms. The lowest BCUT2D eigenvalue weighted by atomic mass is 10.1. The van der Waals surface area contributed by atoms with Crippen molar-refractivity contribution < 1.29 is 17.5 Å². The van der Waals surface area contributed by atoms with Crippen LogP contribution < -0.4 is 10.5 Å². The first kappa shape index (κ1) is 15.9. The molecule has 1 rings (SSSR count). The first-order chi connectivity index (χ1) is 8.74. The zero-order valence-corrected chi connectivity index (χ0v) is 12.2. The minimum atomic E-state index is -3.17. The third kappa shape index (κ3) is 4.47. The number of halogens is 1. The number of rotatable bonds is 6. The van der Waals surface area contributed by atoms with Crippen LogP contribution >= 0.6 is 0 Å². The van der Waals surface area contributed by atoms with Crippen LogP contribution in [0.2, 0.25) is 0 Å². The van der Waals surface area contributed by atoms with Crippen LogP contribution in [-0.2, 0) is 9.84 Å². The number of sulfone groups is 1. The summed E-state index contributed by atoms with van der Waals surface area (Å²) in [6.45, 7) is 4.90. The van der Waals surface area contributed by atoms with E-state index >= 15 is 0 Å². The fourth-order valence-electron chi connectivity index (χ4n) is 1.42. The van der Waals surface area contributed by atoms with Crippen molar-refractivity contribution in [1.29, 1.82) is 0 Å². The Kier molecular flexibility index (Phi) is 5.31. The third-order valence-corrected chi connectivity index (χ3v) is 5.00. The molecule has 2 N–H and O–H groups in total. The molecule has 0 aliphatic heterocycles. The molecule has 0 aliphatic carbocycles. The van der Waals surface area contributed by atoms with E-state index < -0.39 is 20.9 Å². The van der Waals surface area contributed by atoms with Crippen LogP contribution in [0.25, 0.3) is 0 Å². The zero-order valence-electron chi connectivity index (χ0n) is 11.4. The van der Waals surface area contributed by atoms with E-state index in [0.29, 0.717) is 5.56 Å². The molecule has 0 aliphatic rings. The fraction of sp³-hybridized carbons (Fsp3) is 0.538. The van der Waals surface area contributed by atoms with Gasteiger partial charge < -0.3 is 10.5 Å². The van der Waals surface area contributed by atoms with Gasteiger partial charge in [-0.05, 0) is 38.5 Å². The molecule has 1 atom stereocenters. The molecule has 19 heavy (non-hydrogen) atoms. The Balaban J connectivity index is 2.65. The molecule has 0 amide bonds. The molecule has 0 spiro atoms. The maximum absolute atomic E-state index is 13.7. The summed E-state index contributed by atoms with van der Waals surface area (Å²) in [5.74, 6) is -0.612. The predicted octanol–water partition coefficient (Wildman–Crippen LogP) is 2.05. The molecule has 0 aromatic heterocycles. The van der Waals surface area contributed by atoms with E-state index in [1.807, 2.05) is 0 Å². The molecule has 0 radical (unpaired) electrons. The van der Waals surface area contributed by atoms with E-state index in [4.69, 9.17) is 10.5 Å². The first-order valence-electron chi connectivity index (χ1n) is 6.13. The Labute approximate surface area is 113 Å². The van der Waals surface area contributed by atoms with Crippen molar-refractivity contribution in [2.45, 2.75) is 32.1 Å². The van der Waals surface area contributed by atoms with Crippen LogP contribution in [0.1, 0.15) is 32.4 Å². The molecule has 6 heteroatoms. The smallest absolute Gasteiger partial charge is 0.165 e. The van der Waals surface area contributed by atoms with Crippen molar-refractivity contribution in [2.75, 3.05) is 12.4 Å². The van der Waals surface area contributed by atoms with E-state index in [9.17, 15) is 12.8 Å². The second-order valence-electron chi connectivity index (χ2n) is 4.74. The lowest BCUT2D eigenvalue weighted by Crippen LogP contribution is -2.22. The largest absolute Gasteiger partial charge is 0.489 e. The van der Waals surface area contributed by atoms with E-state index in [0.717, 1.165) is 0 Å². The molecule has 4 nitrogen and oxygen atoms in total. The third-order valence-electron chi connectivity index (χ3n) is 2.83. The number of ether oxygens (including phenoxy) is 1. The average Bonchev–Trinajstić information content (AvgIpc) is 2.30. The van der Waals surface area contributed by atoms with Gasteiger partial charge in [0.25, 0.3) is 0 Å². The van der Waals surface area contributed by atoms with Gasteiger partial charge in [-0.25, -0.2) is 12.8 Å². The van der Waals surface area contributed by atoms with Crippen molar-refractivity contribution in [2.24, 2.45) is 5.73 Å². The summed E-state index contributed by atoms with van der Waals surface area (Å²) in [4.78, 5) is 0. The predicted molar refractivity (Wildman–Crippen MR) is 73.4 cm³/mol. The van der Waals surface area contributed by atoms with Gasteiger partial charge in [0.05, 0.1) is 11.0 Å². The highest BCUT2D eigenvalue weighted by molar-refractivity contribution is 7.91. The summed E-state index contributed by atoms with van der Waals surface area (Å²) in [7, 11) is -3.17. The molecule has 1 aromatic carbocycles. The molecule has 0 saturated carbocycles. The maximum atomic E-state index is 13.7. The van der Waals surface area contributed by atoms with E-state index in [1.54, 1.807) is 26.8 Å². The Hall–Kier alpha value is -1.14. The zero-order chi connectivity index (χ0) is 14.6. The van der Waals surface area contributed by atoms with Gasteiger partial charge in [0.15, 0.2) is 21.4 Å². The molecule has 1 aromatic rings. The topological polar surface area (TPSA) is 69.4 Å². The molecule has 0 heterocycles. The maximum Gasteiger partial charge on any atom is 0.165 e. The van der Waals surface area contributed by atoms with Gasteiger partial charge in [-0.15, -0.1) is 0 Å². The molecule has 108 valence electrons. The van der Waals surface area contributed by atoms with Gasteiger partial charge in [0, 0.05) is 6.04 Å². The fourth-order valence-corrected chi connectivity index (χ4v) is 2.21. The van der Waals surface area contributed by atoms with Crippen molar-refractivity contribution in [3.63, 3.8) is 0 Å². The molecule has 0 unspecified atom stereocenters. The van der Waals surface area contributed by atoms with E-state index in [1.165, 1.54) is 12.1 Å². The Bertz CT molecular complexity index is 527. The second kappa shape index (κ2) is 6.34. The highest BCUT2D eigenvalue weighted by atomic mass is 32.2. The lowest BCUT2D eigenvalue weighted by molar-refractivity contribution is 0.321. The number of benzene rings is 1. The summed E-state index contributed by atoms with van der Waals surface area (Å²) in [5, 5.41) is -0.457. The number of hydrogen-bond donors (Lipinski definition) is 1. The average molecular weight is 289 g/mol. The highest BCUT2D eigenvalue weighted by Gasteiger charge is 2.16. The molecular weight excluding hydrogens is 269 g/mol. The second-order valence-corrected chi connectivity index (χ2v) is 7.42. The number of nitrogens with two attached hydrogens (primary N) is 1. The Morgan fingerprint density at radius 1 is 1.32 bits per heavy atom. The van der Waals surface area contributed by atoms with Crippen LogP contribution in [0.3, 0.4) is 0 Å². The van der Waals surface area contributed by atoms with Gasteiger partial charge >= 0.3 is 0 Å². The van der Waals surface area contributed by atoms with Crippen LogP contribution in [0, 0.1) is 5.82 Å². The van der Waals surface area contributed by atoms with Gasteiger partial charge in [0.1, 0.15) is 6.61 Å². The normalized spacial score (nSPS) is 13.6. The summed E-state index contributed by atoms with van der Waals surface area (Å²) >= 11 is 0. The first-order valence-corrected chi connectivity index (χ1v) is 7.85. The summed E-state index contributed by atoms with van der Waals surface area (Å²) in [5.41, 5.74) is 6.30. The van der Waals surface area contributed by atoms with E-state index in [2.05, 4.69) is 0 Å². The Morgan fingerprint density at radius 3 is 2.42 bits per heavy atom. The standard InChI is InChI=1S/C13H20FNO3S/c1-9(2)19(16,17)7-6-18-13-5-4-11(10(3)15)8-12(13)14/h4-5,8-10H,6-7,15H2,1-3H3/t10-/m0/s1.